The van der Waals surface area contributed by atoms with Gasteiger partial charge in [0.25, 0.3) is 0 Å². The van der Waals surface area contributed by atoms with E-state index in [-0.39, 0.29) is 25.5 Å². The van der Waals surface area contributed by atoms with Gasteiger partial charge in [-0.05, 0) is 49.6 Å². The van der Waals surface area contributed by atoms with E-state index in [1.165, 1.54) is 31.5 Å². The number of hydrogen-bond acceptors (Lipinski definition) is 6. The van der Waals surface area contributed by atoms with Gasteiger partial charge in [-0.2, -0.15) is 0 Å². The average Bonchev–Trinajstić information content (AvgIpc) is 3.52. The van der Waals surface area contributed by atoms with Gasteiger partial charge < -0.3 is 14.8 Å². The number of aryl methyl sites for hydroxylation is 2. The molecular weight excluding hydrogens is 449 g/mol. The number of aromatic nitrogens is 3. The Balaban J connectivity index is 1.61. The second-order valence-electron chi connectivity index (χ2n) is 8.33. The Bertz CT molecular complexity index is 1220. The average molecular weight is 472 g/mol. The van der Waals surface area contributed by atoms with Gasteiger partial charge in [-0.25, -0.2) is 28.1 Å². The van der Waals surface area contributed by atoms with Crippen LogP contribution in [0.5, 0.6) is 5.75 Å². The molecule has 1 amide bonds. The van der Waals surface area contributed by atoms with E-state index in [1.54, 1.807) is 13.8 Å². The summed E-state index contributed by atoms with van der Waals surface area (Å²) in [5.41, 5.74) is 0.156. The molecule has 2 aromatic heterocycles. The Kier molecular flexibility index (Phi) is 6.52. The number of nitrogens with one attached hydrogen (secondary N) is 1. The number of ether oxygens (including phenoxy) is 2. The van der Waals surface area contributed by atoms with Gasteiger partial charge in [0.2, 0.25) is 5.91 Å². The number of hydrogen-bond donors (Lipinski definition) is 1. The van der Waals surface area contributed by atoms with Crippen molar-refractivity contribution in [3.8, 4) is 5.75 Å². The Morgan fingerprint density at radius 3 is 2.53 bits per heavy atom. The molecule has 7 nitrogen and oxygen atoms in total. The van der Waals surface area contributed by atoms with E-state index >= 15 is 0 Å². The van der Waals surface area contributed by atoms with Crippen molar-refractivity contribution >= 4 is 11.7 Å². The number of benzene rings is 1. The van der Waals surface area contributed by atoms with Crippen LogP contribution >= 0.6 is 0 Å². The molecule has 0 aliphatic heterocycles. The van der Waals surface area contributed by atoms with Crippen LogP contribution in [0.4, 0.5) is 19.0 Å². The quantitative estimate of drug-likeness (QED) is 0.533. The third kappa shape index (κ3) is 4.86. The van der Waals surface area contributed by atoms with Crippen molar-refractivity contribution in [2.24, 2.45) is 5.92 Å². The molecule has 2 heterocycles. The SMILES string of the molecule is COCc1nc(C)ncc1OC[C@@]1(c2cc(F)cc(F)c2)C[C@H]1C(=O)Nc1cc(C)c(F)cn1. The van der Waals surface area contributed by atoms with Gasteiger partial charge in [0.15, 0.2) is 5.75 Å². The summed E-state index contributed by atoms with van der Waals surface area (Å²) in [6.45, 7) is 3.41. The largest absolute Gasteiger partial charge is 0.489 e. The smallest absolute Gasteiger partial charge is 0.229 e. The summed E-state index contributed by atoms with van der Waals surface area (Å²) in [4.78, 5) is 25.4. The molecule has 0 radical (unpaired) electrons. The zero-order chi connectivity index (χ0) is 24.5. The lowest BCUT2D eigenvalue weighted by Gasteiger charge is -2.20. The van der Waals surface area contributed by atoms with Crippen LogP contribution in [0.3, 0.4) is 0 Å². The zero-order valence-electron chi connectivity index (χ0n) is 18.9. The predicted octanol–water partition coefficient (Wildman–Crippen LogP) is 4.03. The third-order valence-corrected chi connectivity index (χ3v) is 5.84. The molecule has 1 fully saturated rings. The highest BCUT2D eigenvalue weighted by molar-refractivity contribution is 5.95. The third-order valence-electron chi connectivity index (χ3n) is 5.84. The summed E-state index contributed by atoms with van der Waals surface area (Å²) in [6, 6.07) is 4.57. The van der Waals surface area contributed by atoms with Gasteiger partial charge in [-0.3, -0.25) is 4.79 Å². The second kappa shape index (κ2) is 9.38. The molecule has 4 rings (SSSR count). The van der Waals surface area contributed by atoms with E-state index in [9.17, 15) is 18.0 Å². The topological polar surface area (TPSA) is 86.2 Å². The van der Waals surface area contributed by atoms with Crippen molar-refractivity contribution in [1.82, 2.24) is 15.0 Å². The normalized spacial score (nSPS) is 19.1. The summed E-state index contributed by atoms with van der Waals surface area (Å²) in [7, 11) is 1.52. The number of carbonyl (C=O) groups is 1. The van der Waals surface area contributed by atoms with Crippen LogP contribution in [0, 0.1) is 37.2 Å². The summed E-state index contributed by atoms with van der Waals surface area (Å²) < 4.78 is 52.8. The highest BCUT2D eigenvalue weighted by Gasteiger charge is 2.60. The van der Waals surface area contributed by atoms with Crippen LogP contribution in [0.2, 0.25) is 0 Å². The molecule has 1 N–H and O–H groups in total. The van der Waals surface area contributed by atoms with E-state index in [4.69, 9.17) is 9.47 Å². The Labute approximate surface area is 194 Å². The van der Waals surface area contributed by atoms with E-state index in [2.05, 4.69) is 20.3 Å². The zero-order valence-corrected chi connectivity index (χ0v) is 18.9. The number of methoxy groups -OCH3 is 1. The second-order valence-corrected chi connectivity index (χ2v) is 8.33. The Hall–Kier alpha value is -3.53. The van der Waals surface area contributed by atoms with Gasteiger partial charge in [-0.1, -0.05) is 0 Å². The van der Waals surface area contributed by atoms with Crippen molar-refractivity contribution in [1.29, 1.82) is 0 Å². The van der Waals surface area contributed by atoms with E-state index < -0.39 is 34.7 Å². The van der Waals surface area contributed by atoms with Gasteiger partial charge in [0.1, 0.15) is 34.8 Å². The van der Waals surface area contributed by atoms with Crippen LogP contribution < -0.4 is 10.1 Å². The molecule has 0 spiro atoms. The fourth-order valence-electron chi connectivity index (χ4n) is 3.95. The predicted molar refractivity (Wildman–Crippen MR) is 117 cm³/mol. The number of carbonyl (C=O) groups excluding carboxylic acids is 1. The van der Waals surface area contributed by atoms with Crippen molar-refractivity contribution in [3.05, 3.63) is 76.8 Å². The maximum absolute atomic E-state index is 14.1. The van der Waals surface area contributed by atoms with E-state index in [0.29, 0.717) is 28.4 Å². The minimum Gasteiger partial charge on any atom is -0.489 e. The van der Waals surface area contributed by atoms with Crippen molar-refractivity contribution in [3.63, 3.8) is 0 Å². The number of halogens is 3. The lowest BCUT2D eigenvalue weighted by Crippen LogP contribution is -2.27. The maximum atomic E-state index is 14.1. The first kappa shape index (κ1) is 23.6. The van der Waals surface area contributed by atoms with Crippen molar-refractivity contribution in [2.75, 3.05) is 19.0 Å². The monoisotopic (exact) mass is 472 g/mol. The molecule has 1 saturated carbocycles. The minimum absolute atomic E-state index is 0.0486. The van der Waals surface area contributed by atoms with Crippen molar-refractivity contribution < 1.29 is 27.4 Å². The summed E-state index contributed by atoms with van der Waals surface area (Å²) in [6.07, 6.45) is 2.80. The van der Waals surface area contributed by atoms with Crippen LogP contribution in [0.15, 0.2) is 36.7 Å². The van der Waals surface area contributed by atoms with Crippen LogP contribution in [-0.2, 0) is 21.6 Å². The molecular formula is C24H23F3N4O3. The summed E-state index contributed by atoms with van der Waals surface area (Å²) in [5, 5.41) is 2.66. The maximum Gasteiger partial charge on any atom is 0.229 e. The Morgan fingerprint density at radius 2 is 1.85 bits per heavy atom. The van der Waals surface area contributed by atoms with Crippen LogP contribution in [0.1, 0.15) is 29.1 Å². The van der Waals surface area contributed by atoms with Gasteiger partial charge in [0, 0.05) is 18.6 Å². The molecule has 0 unspecified atom stereocenters. The van der Waals surface area contributed by atoms with Gasteiger partial charge in [0.05, 0.1) is 31.5 Å². The fraction of sp³-hybridized carbons (Fsp3) is 0.333. The molecule has 1 aromatic carbocycles. The molecule has 178 valence electrons. The highest BCUT2D eigenvalue weighted by Crippen LogP contribution is 2.55. The van der Waals surface area contributed by atoms with Crippen LogP contribution in [0.25, 0.3) is 0 Å². The number of rotatable bonds is 8. The first-order valence-corrected chi connectivity index (χ1v) is 10.6. The van der Waals surface area contributed by atoms with Crippen molar-refractivity contribution in [2.45, 2.75) is 32.3 Å². The summed E-state index contributed by atoms with van der Waals surface area (Å²) >= 11 is 0. The molecule has 2 atom stereocenters. The minimum atomic E-state index is -0.989. The number of anilines is 1. The molecule has 0 bridgehead atoms. The highest BCUT2D eigenvalue weighted by atomic mass is 19.1. The molecule has 3 aromatic rings. The fourth-order valence-corrected chi connectivity index (χ4v) is 3.95. The first-order valence-electron chi connectivity index (χ1n) is 10.6. The standard InChI is InChI=1S/C24H23F3N4O3/c1-13-4-22(29-9-19(13)27)31-23(32)18-8-24(18,15-5-16(25)7-17(26)6-15)12-34-21-10-28-14(2)30-20(21)11-33-3/h4-7,9-10,18H,8,11-12H2,1-3H3,(H,29,31,32)/t18-,24+/m0/s1. The van der Waals surface area contributed by atoms with Gasteiger partial charge >= 0.3 is 0 Å². The lowest BCUT2D eigenvalue weighted by molar-refractivity contribution is -0.117. The number of nitrogens with zero attached hydrogens (tertiary/aromatic N) is 3. The van der Waals surface area contributed by atoms with E-state index in [1.807, 2.05) is 0 Å². The molecule has 1 aliphatic rings. The molecule has 1 aliphatic carbocycles. The number of amides is 1. The Morgan fingerprint density at radius 1 is 1.12 bits per heavy atom. The first-order chi connectivity index (χ1) is 16.2. The molecule has 34 heavy (non-hydrogen) atoms. The molecule has 10 heteroatoms. The lowest BCUT2D eigenvalue weighted by atomic mass is 9.93. The number of pyridine rings is 1. The molecule has 0 saturated heterocycles. The van der Waals surface area contributed by atoms with Gasteiger partial charge in [-0.15, -0.1) is 0 Å². The van der Waals surface area contributed by atoms with E-state index in [0.717, 1.165) is 12.3 Å². The summed E-state index contributed by atoms with van der Waals surface area (Å²) in [5.74, 6) is -2.00. The van der Waals surface area contributed by atoms with Crippen LogP contribution in [-0.4, -0.2) is 34.6 Å².